The van der Waals surface area contributed by atoms with E-state index in [1.165, 1.54) is 11.8 Å². The van der Waals surface area contributed by atoms with Gasteiger partial charge in [-0.15, -0.1) is 11.8 Å². The fraction of sp³-hybridized carbons (Fsp3) is 0.529. The lowest BCUT2D eigenvalue weighted by atomic mass is 10.0. The molecule has 0 aromatic heterocycles. The summed E-state index contributed by atoms with van der Waals surface area (Å²) < 4.78 is 5.22. The van der Waals surface area contributed by atoms with Gasteiger partial charge in [0.25, 0.3) is 0 Å². The van der Waals surface area contributed by atoms with Crippen LogP contribution in [-0.4, -0.2) is 54.5 Å². The topological polar surface area (TPSA) is 58.6 Å². The van der Waals surface area contributed by atoms with Crippen molar-refractivity contribution in [2.75, 3.05) is 37.8 Å². The predicted octanol–water partition coefficient (Wildman–Crippen LogP) is 1.76. The Morgan fingerprint density at radius 3 is 2.65 bits per heavy atom. The van der Waals surface area contributed by atoms with Crippen molar-refractivity contribution < 1.29 is 14.3 Å². The summed E-state index contributed by atoms with van der Waals surface area (Å²) in [6.07, 6.45) is 0. The van der Waals surface area contributed by atoms with Gasteiger partial charge in [0.15, 0.2) is 0 Å². The van der Waals surface area contributed by atoms with E-state index in [0.29, 0.717) is 37.8 Å². The summed E-state index contributed by atoms with van der Waals surface area (Å²) >= 11 is 1.36. The highest BCUT2D eigenvalue weighted by molar-refractivity contribution is 8.00. The van der Waals surface area contributed by atoms with Gasteiger partial charge in [-0.2, -0.15) is 0 Å². The number of amides is 2. The molecule has 1 aromatic rings. The minimum Gasteiger partial charge on any atom is -0.378 e. The van der Waals surface area contributed by atoms with Crippen molar-refractivity contribution in [3.8, 4) is 0 Å². The Labute approximate surface area is 141 Å². The van der Waals surface area contributed by atoms with Crippen LogP contribution in [0.1, 0.15) is 24.1 Å². The Morgan fingerprint density at radius 1 is 1.26 bits per heavy atom. The van der Waals surface area contributed by atoms with Gasteiger partial charge in [-0.3, -0.25) is 9.59 Å². The van der Waals surface area contributed by atoms with Crippen molar-refractivity contribution in [1.29, 1.82) is 0 Å². The van der Waals surface area contributed by atoms with E-state index in [1.54, 1.807) is 4.90 Å². The molecule has 1 aliphatic rings. The maximum absolute atomic E-state index is 12.0. The van der Waals surface area contributed by atoms with E-state index in [1.807, 2.05) is 38.1 Å². The Kier molecular flexibility index (Phi) is 6.92. The minimum absolute atomic E-state index is 0.0285. The summed E-state index contributed by atoms with van der Waals surface area (Å²) in [6, 6.07) is 7.99. The molecule has 126 valence electrons. The van der Waals surface area contributed by atoms with Crippen molar-refractivity contribution in [2.24, 2.45) is 0 Å². The summed E-state index contributed by atoms with van der Waals surface area (Å²) in [5, 5.41) is 2.99. The van der Waals surface area contributed by atoms with Gasteiger partial charge in [0, 0.05) is 13.1 Å². The molecule has 0 bridgehead atoms. The average Bonchev–Trinajstić information content (AvgIpc) is 2.55. The zero-order chi connectivity index (χ0) is 16.7. The van der Waals surface area contributed by atoms with Crippen LogP contribution in [0.25, 0.3) is 0 Å². The Balaban J connectivity index is 1.70. The van der Waals surface area contributed by atoms with Gasteiger partial charge in [0.05, 0.1) is 30.8 Å². The molecule has 0 radical (unpaired) electrons. The number of morpholine rings is 1. The smallest absolute Gasteiger partial charge is 0.232 e. The Morgan fingerprint density at radius 2 is 1.96 bits per heavy atom. The molecule has 1 saturated heterocycles. The molecule has 1 N–H and O–H groups in total. The van der Waals surface area contributed by atoms with Crippen LogP contribution in [0.15, 0.2) is 24.3 Å². The highest BCUT2D eigenvalue weighted by Crippen LogP contribution is 2.16. The number of benzene rings is 1. The van der Waals surface area contributed by atoms with Gasteiger partial charge in [0.2, 0.25) is 11.8 Å². The molecular formula is C17H24N2O3S. The molecule has 1 unspecified atom stereocenters. The number of nitrogens with one attached hydrogen (secondary N) is 1. The molecule has 1 atom stereocenters. The molecule has 2 amide bonds. The first-order chi connectivity index (χ1) is 11.1. The fourth-order valence-corrected chi connectivity index (χ4v) is 3.30. The van der Waals surface area contributed by atoms with E-state index >= 15 is 0 Å². The zero-order valence-electron chi connectivity index (χ0n) is 13.7. The van der Waals surface area contributed by atoms with Crippen LogP contribution in [0, 0.1) is 6.92 Å². The molecule has 0 aliphatic carbocycles. The number of hydrogen-bond donors (Lipinski definition) is 1. The van der Waals surface area contributed by atoms with E-state index in [2.05, 4.69) is 5.32 Å². The van der Waals surface area contributed by atoms with E-state index in [4.69, 9.17) is 4.74 Å². The maximum atomic E-state index is 12.0. The van der Waals surface area contributed by atoms with Gasteiger partial charge < -0.3 is 15.0 Å². The van der Waals surface area contributed by atoms with Crippen molar-refractivity contribution >= 4 is 23.6 Å². The molecule has 1 aromatic carbocycles. The normalized spacial score (nSPS) is 16.0. The Bertz CT molecular complexity index is 544. The summed E-state index contributed by atoms with van der Waals surface area (Å²) in [5.41, 5.74) is 2.28. The van der Waals surface area contributed by atoms with Crippen molar-refractivity contribution in [2.45, 2.75) is 19.9 Å². The van der Waals surface area contributed by atoms with E-state index in [-0.39, 0.29) is 17.9 Å². The molecule has 1 fully saturated rings. The van der Waals surface area contributed by atoms with Gasteiger partial charge in [0.1, 0.15) is 0 Å². The second-order valence-corrected chi connectivity index (χ2v) is 6.62. The molecular weight excluding hydrogens is 312 g/mol. The van der Waals surface area contributed by atoms with Crippen molar-refractivity contribution in [1.82, 2.24) is 10.2 Å². The quantitative estimate of drug-likeness (QED) is 0.860. The standard InChI is InChI=1S/C17H24N2O3S/c1-13-5-3-4-6-15(13)14(2)18-16(20)11-23-12-17(21)19-7-9-22-10-8-19/h3-6,14H,7-12H2,1-2H3,(H,18,20). The lowest BCUT2D eigenvalue weighted by Gasteiger charge is -2.26. The fourth-order valence-electron chi connectivity index (χ4n) is 2.57. The number of hydrogen-bond acceptors (Lipinski definition) is 4. The summed E-state index contributed by atoms with van der Waals surface area (Å²) in [6.45, 7) is 6.51. The molecule has 1 aliphatic heterocycles. The van der Waals surface area contributed by atoms with Gasteiger partial charge in [-0.1, -0.05) is 24.3 Å². The number of ether oxygens (including phenoxy) is 1. The third-order valence-electron chi connectivity index (χ3n) is 3.85. The molecule has 23 heavy (non-hydrogen) atoms. The summed E-state index contributed by atoms with van der Waals surface area (Å²) in [5.74, 6) is 0.678. The highest BCUT2D eigenvalue weighted by atomic mass is 32.2. The highest BCUT2D eigenvalue weighted by Gasteiger charge is 2.17. The third kappa shape index (κ3) is 5.55. The SMILES string of the molecule is Cc1ccccc1C(C)NC(=O)CSCC(=O)N1CCOCC1. The van der Waals surface area contributed by atoms with Crippen molar-refractivity contribution in [3.63, 3.8) is 0 Å². The van der Waals surface area contributed by atoms with Crippen LogP contribution in [0.5, 0.6) is 0 Å². The molecule has 5 nitrogen and oxygen atoms in total. The first kappa shape index (κ1) is 17.8. The summed E-state index contributed by atoms with van der Waals surface area (Å²) in [4.78, 5) is 25.8. The van der Waals surface area contributed by atoms with Gasteiger partial charge in [-0.05, 0) is 25.0 Å². The second-order valence-electron chi connectivity index (χ2n) is 5.63. The van der Waals surface area contributed by atoms with Crippen LogP contribution in [0.3, 0.4) is 0 Å². The number of carbonyl (C=O) groups excluding carboxylic acids is 2. The molecule has 2 rings (SSSR count). The zero-order valence-corrected chi connectivity index (χ0v) is 14.5. The Hall–Kier alpha value is -1.53. The predicted molar refractivity (Wildman–Crippen MR) is 92.5 cm³/mol. The number of nitrogens with zero attached hydrogens (tertiary/aromatic N) is 1. The van der Waals surface area contributed by atoms with Crippen molar-refractivity contribution in [3.05, 3.63) is 35.4 Å². The van der Waals surface area contributed by atoms with Gasteiger partial charge >= 0.3 is 0 Å². The van der Waals surface area contributed by atoms with E-state index in [9.17, 15) is 9.59 Å². The maximum Gasteiger partial charge on any atom is 0.232 e. The van der Waals surface area contributed by atoms with Crippen LogP contribution in [0.4, 0.5) is 0 Å². The number of thioether (sulfide) groups is 1. The number of aryl methyl sites for hydroxylation is 1. The second kappa shape index (κ2) is 8.93. The van der Waals surface area contributed by atoms with Crippen LogP contribution in [0.2, 0.25) is 0 Å². The number of carbonyl (C=O) groups is 2. The molecule has 1 heterocycles. The lowest BCUT2D eigenvalue weighted by Crippen LogP contribution is -2.41. The van der Waals surface area contributed by atoms with E-state index in [0.717, 1.165) is 11.1 Å². The molecule has 0 spiro atoms. The average molecular weight is 336 g/mol. The van der Waals surface area contributed by atoms with Crippen LogP contribution >= 0.6 is 11.8 Å². The van der Waals surface area contributed by atoms with Crippen LogP contribution in [-0.2, 0) is 14.3 Å². The third-order valence-corrected chi connectivity index (χ3v) is 4.77. The largest absolute Gasteiger partial charge is 0.378 e. The first-order valence-corrected chi connectivity index (χ1v) is 9.01. The van der Waals surface area contributed by atoms with Crippen LogP contribution < -0.4 is 5.32 Å². The van der Waals surface area contributed by atoms with E-state index < -0.39 is 0 Å². The summed E-state index contributed by atoms with van der Waals surface area (Å²) in [7, 11) is 0. The van der Waals surface area contributed by atoms with Gasteiger partial charge in [-0.25, -0.2) is 0 Å². The monoisotopic (exact) mass is 336 g/mol. The lowest BCUT2D eigenvalue weighted by molar-refractivity contribution is -0.132. The molecule has 6 heteroatoms. The first-order valence-electron chi connectivity index (χ1n) is 7.86. The molecule has 0 saturated carbocycles. The minimum atomic E-state index is -0.0412. The number of rotatable bonds is 6.